The molecule has 1 aromatic carbocycles. The molecule has 3 nitrogen and oxygen atoms in total. The molecule has 0 saturated carbocycles. The van der Waals surface area contributed by atoms with Crippen molar-refractivity contribution < 1.29 is 14.3 Å². The Hall–Kier alpha value is -1.17. The maximum absolute atomic E-state index is 13.1. The lowest BCUT2D eigenvalue weighted by Crippen LogP contribution is -2.36. The standard InChI is InChI=1S/C13H13ClFNO2S/c1-2-8(6-17)16-13(18)12-11(14)9-4-3-7(15)5-10(9)19-12/h3-5,8,17H,2,6H2,1H3,(H,16,18)/t8-/m1/s1. The third-order valence-electron chi connectivity index (χ3n) is 2.85. The predicted molar refractivity (Wildman–Crippen MR) is 75.4 cm³/mol. The maximum atomic E-state index is 13.1. The molecule has 0 bridgehead atoms. The van der Waals surface area contributed by atoms with Crippen molar-refractivity contribution in [3.63, 3.8) is 0 Å². The van der Waals surface area contributed by atoms with Gasteiger partial charge in [0.1, 0.15) is 10.7 Å². The predicted octanol–water partition coefficient (Wildman–Crippen LogP) is 3.19. The highest BCUT2D eigenvalue weighted by Gasteiger charge is 2.19. The van der Waals surface area contributed by atoms with E-state index in [1.807, 2.05) is 6.92 Å². The van der Waals surface area contributed by atoms with Crippen molar-refractivity contribution in [1.82, 2.24) is 5.32 Å². The smallest absolute Gasteiger partial charge is 0.263 e. The molecule has 2 aromatic rings. The monoisotopic (exact) mass is 301 g/mol. The van der Waals surface area contributed by atoms with Gasteiger partial charge in [0, 0.05) is 10.1 Å². The first-order chi connectivity index (χ1) is 9.06. The number of benzene rings is 1. The number of carbonyl (C=O) groups is 1. The lowest BCUT2D eigenvalue weighted by Gasteiger charge is -2.13. The van der Waals surface area contributed by atoms with Crippen LogP contribution >= 0.6 is 22.9 Å². The lowest BCUT2D eigenvalue weighted by molar-refractivity contribution is 0.0919. The second-order valence-corrected chi connectivity index (χ2v) is 5.58. The Bertz CT molecular complexity index is 610. The molecule has 0 aliphatic rings. The second kappa shape index (κ2) is 5.86. The molecule has 0 aliphatic heterocycles. The Labute approximate surface area is 119 Å². The first kappa shape index (κ1) is 14.2. The SMILES string of the molecule is CC[C@H](CO)NC(=O)c1sc2cc(F)ccc2c1Cl. The Kier molecular flexibility index (Phi) is 4.39. The number of amides is 1. The number of rotatable bonds is 4. The maximum Gasteiger partial charge on any atom is 0.263 e. The molecule has 1 atom stereocenters. The van der Waals surface area contributed by atoms with Gasteiger partial charge in [0.2, 0.25) is 0 Å². The van der Waals surface area contributed by atoms with Crippen molar-refractivity contribution in [3.8, 4) is 0 Å². The zero-order valence-electron chi connectivity index (χ0n) is 10.2. The molecular formula is C13H13ClFNO2S. The molecule has 19 heavy (non-hydrogen) atoms. The number of aliphatic hydroxyl groups is 1. The summed E-state index contributed by atoms with van der Waals surface area (Å²) in [5.41, 5.74) is 0. The number of aliphatic hydroxyl groups excluding tert-OH is 1. The molecule has 2 rings (SSSR count). The summed E-state index contributed by atoms with van der Waals surface area (Å²) in [6, 6.07) is 3.92. The minimum Gasteiger partial charge on any atom is -0.394 e. The summed E-state index contributed by atoms with van der Waals surface area (Å²) in [6.07, 6.45) is 0.624. The Balaban J connectivity index is 2.34. The van der Waals surface area contributed by atoms with Crippen molar-refractivity contribution in [3.05, 3.63) is 33.9 Å². The molecule has 6 heteroatoms. The van der Waals surface area contributed by atoms with Crippen LogP contribution in [0.2, 0.25) is 5.02 Å². The van der Waals surface area contributed by atoms with Gasteiger partial charge in [-0.1, -0.05) is 18.5 Å². The van der Waals surface area contributed by atoms with E-state index in [1.165, 1.54) is 12.1 Å². The zero-order chi connectivity index (χ0) is 14.0. The lowest BCUT2D eigenvalue weighted by atomic mass is 10.2. The normalized spacial score (nSPS) is 12.6. The first-order valence-electron chi connectivity index (χ1n) is 5.86. The molecule has 102 valence electrons. The van der Waals surface area contributed by atoms with Gasteiger partial charge < -0.3 is 10.4 Å². The summed E-state index contributed by atoms with van der Waals surface area (Å²) < 4.78 is 13.8. The summed E-state index contributed by atoms with van der Waals surface area (Å²) in [5, 5.41) is 12.8. The number of hydrogen-bond donors (Lipinski definition) is 2. The molecule has 1 amide bonds. The van der Waals surface area contributed by atoms with Gasteiger partial charge >= 0.3 is 0 Å². The number of halogens is 2. The van der Waals surface area contributed by atoms with E-state index in [4.69, 9.17) is 16.7 Å². The third kappa shape index (κ3) is 2.88. The van der Waals surface area contributed by atoms with Crippen molar-refractivity contribution in [1.29, 1.82) is 0 Å². The number of hydrogen-bond acceptors (Lipinski definition) is 3. The van der Waals surface area contributed by atoms with E-state index in [-0.39, 0.29) is 24.4 Å². The van der Waals surface area contributed by atoms with Gasteiger partial charge in [0.25, 0.3) is 5.91 Å². The van der Waals surface area contributed by atoms with Crippen LogP contribution in [0.4, 0.5) is 4.39 Å². The third-order valence-corrected chi connectivity index (χ3v) is 4.50. The van der Waals surface area contributed by atoms with E-state index in [0.29, 0.717) is 26.4 Å². The molecular weight excluding hydrogens is 289 g/mol. The summed E-state index contributed by atoms with van der Waals surface area (Å²) in [7, 11) is 0. The van der Waals surface area contributed by atoms with E-state index in [0.717, 1.165) is 11.3 Å². The number of fused-ring (bicyclic) bond motifs is 1. The molecule has 0 fully saturated rings. The van der Waals surface area contributed by atoms with Crippen molar-refractivity contribution in [2.45, 2.75) is 19.4 Å². The van der Waals surface area contributed by atoms with E-state index >= 15 is 0 Å². The zero-order valence-corrected chi connectivity index (χ0v) is 11.8. The van der Waals surface area contributed by atoms with E-state index in [1.54, 1.807) is 6.07 Å². The molecule has 0 spiro atoms. The van der Waals surface area contributed by atoms with Crippen LogP contribution in [0, 0.1) is 5.82 Å². The average molecular weight is 302 g/mol. The summed E-state index contributed by atoms with van der Waals surface area (Å²) in [6.45, 7) is 1.74. The van der Waals surface area contributed by atoms with Gasteiger partial charge in [-0.2, -0.15) is 0 Å². The average Bonchev–Trinajstić information content (AvgIpc) is 2.72. The minimum atomic E-state index is -0.362. The van der Waals surface area contributed by atoms with Crippen LogP contribution in [0.3, 0.4) is 0 Å². The van der Waals surface area contributed by atoms with Crippen LogP contribution in [-0.2, 0) is 0 Å². The van der Waals surface area contributed by atoms with Gasteiger partial charge in [-0.05, 0) is 24.6 Å². The number of carbonyl (C=O) groups excluding carboxylic acids is 1. The van der Waals surface area contributed by atoms with Gasteiger partial charge in [-0.3, -0.25) is 4.79 Å². The van der Waals surface area contributed by atoms with Crippen LogP contribution in [0.15, 0.2) is 18.2 Å². The Morgan fingerprint density at radius 1 is 1.58 bits per heavy atom. The largest absolute Gasteiger partial charge is 0.394 e. The topological polar surface area (TPSA) is 49.3 Å². The molecule has 0 radical (unpaired) electrons. The van der Waals surface area contributed by atoms with Crippen LogP contribution in [-0.4, -0.2) is 23.7 Å². The van der Waals surface area contributed by atoms with Gasteiger partial charge in [0.15, 0.2) is 0 Å². The quantitative estimate of drug-likeness (QED) is 0.911. The van der Waals surface area contributed by atoms with Crippen molar-refractivity contribution in [2.75, 3.05) is 6.61 Å². The molecule has 0 aliphatic carbocycles. The summed E-state index contributed by atoms with van der Waals surface area (Å²) in [4.78, 5) is 12.4. The number of nitrogens with one attached hydrogen (secondary N) is 1. The fourth-order valence-electron chi connectivity index (χ4n) is 1.71. The van der Waals surface area contributed by atoms with Crippen LogP contribution in [0.5, 0.6) is 0 Å². The van der Waals surface area contributed by atoms with E-state index in [2.05, 4.69) is 5.32 Å². The fourth-order valence-corrected chi connectivity index (χ4v) is 3.16. The van der Waals surface area contributed by atoms with E-state index < -0.39 is 0 Å². The highest BCUT2D eigenvalue weighted by atomic mass is 35.5. The van der Waals surface area contributed by atoms with Crippen molar-refractivity contribution in [2.24, 2.45) is 0 Å². The molecule has 0 saturated heterocycles. The van der Waals surface area contributed by atoms with E-state index in [9.17, 15) is 9.18 Å². The first-order valence-corrected chi connectivity index (χ1v) is 7.05. The minimum absolute atomic E-state index is 0.126. The van der Waals surface area contributed by atoms with Crippen LogP contribution in [0.1, 0.15) is 23.0 Å². The highest BCUT2D eigenvalue weighted by Crippen LogP contribution is 2.35. The van der Waals surface area contributed by atoms with Crippen LogP contribution < -0.4 is 5.32 Å². The van der Waals surface area contributed by atoms with Gasteiger partial charge in [0.05, 0.1) is 17.7 Å². The van der Waals surface area contributed by atoms with Gasteiger partial charge in [-0.15, -0.1) is 11.3 Å². The summed E-state index contributed by atoms with van der Waals surface area (Å²) in [5.74, 6) is -0.702. The molecule has 0 unspecified atom stereocenters. The fraction of sp³-hybridized carbons (Fsp3) is 0.308. The Morgan fingerprint density at radius 3 is 2.95 bits per heavy atom. The Morgan fingerprint density at radius 2 is 2.32 bits per heavy atom. The highest BCUT2D eigenvalue weighted by molar-refractivity contribution is 7.21. The molecule has 1 aromatic heterocycles. The molecule has 2 N–H and O–H groups in total. The summed E-state index contributed by atoms with van der Waals surface area (Å²) >= 11 is 7.28. The molecule has 1 heterocycles. The van der Waals surface area contributed by atoms with Gasteiger partial charge in [-0.25, -0.2) is 4.39 Å². The number of thiophene rings is 1. The van der Waals surface area contributed by atoms with Crippen LogP contribution in [0.25, 0.3) is 10.1 Å². The van der Waals surface area contributed by atoms with Crippen molar-refractivity contribution >= 4 is 38.9 Å². The second-order valence-electron chi connectivity index (χ2n) is 4.15.